The molecule has 0 saturated heterocycles. The molecule has 10 heteroatoms. The van der Waals surface area contributed by atoms with Crippen LogP contribution in [0.4, 0.5) is 0 Å². The highest BCUT2D eigenvalue weighted by atomic mass is 35.5. The highest BCUT2D eigenvalue weighted by Gasteiger charge is 2.30. The largest absolute Gasteiger partial charge is 0.554 e. The lowest BCUT2D eigenvalue weighted by Gasteiger charge is -2.21. The van der Waals surface area contributed by atoms with Crippen molar-refractivity contribution in [3.05, 3.63) is 52.0 Å². The predicted octanol–water partition coefficient (Wildman–Crippen LogP) is -0.434. The lowest BCUT2D eigenvalue weighted by atomic mass is 9.96. The third-order valence-corrected chi connectivity index (χ3v) is 5.85. The van der Waals surface area contributed by atoms with Crippen molar-refractivity contribution in [2.24, 2.45) is 5.73 Å². The van der Waals surface area contributed by atoms with Gasteiger partial charge < -0.3 is 15.6 Å². The minimum Gasteiger partial charge on any atom is -0.554 e. The number of carbonyl (C=O) groups is 2. The maximum absolute atomic E-state index is 12.6. The van der Waals surface area contributed by atoms with Gasteiger partial charge in [-0.05, 0) is 47.9 Å². The number of nitrogens with two attached hydrogens (primary N) is 2. The average molecular weight is 410 g/mol. The molecule has 1 aliphatic heterocycles. The zero-order valence-corrected chi connectivity index (χ0v) is 15.7. The van der Waals surface area contributed by atoms with E-state index in [9.17, 15) is 13.2 Å². The third kappa shape index (κ3) is 4.33. The maximum atomic E-state index is 12.6. The number of nitrogens with one attached hydrogen (secondary N) is 1. The molecule has 8 nitrogen and oxygen atoms in total. The molecular formula is C17H16ClN3O5S. The van der Waals surface area contributed by atoms with Crippen LogP contribution in [0.15, 0.2) is 35.2 Å². The van der Waals surface area contributed by atoms with E-state index in [1.165, 1.54) is 6.07 Å². The summed E-state index contributed by atoms with van der Waals surface area (Å²) in [6.45, 7) is 1.22. The number of hydrogen-bond donors (Lipinski definition) is 3. The first kappa shape index (κ1) is 20.6. The zero-order valence-electron chi connectivity index (χ0n) is 14.2. The lowest BCUT2D eigenvalue weighted by molar-refractivity contribution is -0.433. The van der Waals surface area contributed by atoms with Crippen molar-refractivity contribution in [3.8, 4) is 11.1 Å². The molecule has 142 valence electrons. The summed E-state index contributed by atoms with van der Waals surface area (Å²) in [5, 5.41) is 16.9. The number of carboxylic acid groups (broad SMARTS) is 1. The second-order valence-electron chi connectivity index (χ2n) is 5.78. The summed E-state index contributed by atoms with van der Waals surface area (Å²) < 4.78 is 25.2. The number of fused-ring (bicyclic) bond motifs is 3. The Morgan fingerprint density at radius 3 is 2.52 bits per heavy atom. The number of rotatable bonds is 1. The summed E-state index contributed by atoms with van der Waals surface area (Å²) in [6, 6.07) is 8.20. The summed E-state index contributed by atoms with van der Waals surface area (Å²) in [5.74, 6) is -1.02. The maximum Gasteiger partial charge on any atom is 0.350 e. The van der Waals surface area contributed by atoms with Crippen LogP contribution in [0.2, 0.25) is 5.02 Å². The number of aryl methyl sites for hydroxylation is 1. The van der Waals surface area contributed by atoms with E-state index in [1.807, 2.05) is 0 Å². The number of hydrogen-bond acceptors (Lipinski definition) is 6. The van der Waals surface area contributed by atoms with Gasteiger partial charge in [0.05, 0.1) is 16.2 Å². The standard InChI is InChI=1S/C16H14ClN3O3S.CH2O2/c1-8-4-13-11-3-2-10(17)5-9(11)7-24(22,23)14(13)6-12(8)15(21)20-16(18)19;2-1-3/h2-6H,7H2,1H3,(H4,18,19,20,21);1H,(H,2,3). The Kier molecular flexibility index (Phi) is 5.99. The van der Waals surface area contributed by atoms with Gasteiger partial charge in [0.1, 0.15) is 0 Å². The van der Waals surface area contributed by atoms with E-state index in [2.05, 4.69) is 0 Å². The number of carbonyl (C=O) groups excluding carboxylic acids is 2. The Hall–Kier alpha value is -2.75. The number of sulfone groups is 1. The van der Waals surface area contributed by atoms with Crippen LogP contribution < -0.4 is 16.2 Å². The second-order valence-corrected chi connectivity index (χ2v) is 8.18. The molecule has 0 fully saturated rings. The SMILES string of the molecule is Cc1cc2c(cc1C(=O)[NH2+]C(=N)N)S(=O)(=O)Cc1cc(Cl)ccc1-2.O=C[O-]. The van der Waals surface area contributed by atoms with Gasteiger partial charge in [-0.2, -0.15) is 0 Å². The summed E-state index contributed by atoms with van der Waals surface area (Å²) in [4.78, 5) is 20.5. The monoisotopic (exact) mass is 409 g/mol. The molecule has 1 heterocycles. The minimum atomic E-state index is -3.58. The molecule has 5 N–H and O–H groups in total. The van der Waals surface area contributed by atoms with E-state index in [0.717, 1.165) is 10.9 Å². The topological polar surface area (TPSA) is 158 Å². The molecule has 0 radical (unpaired) electrons. The molecule has 2 aromatic carbocycles. The molecule has 3 rings (SSSR count). The van der Waals surface area contributed by atoms with Crippen molar-refractivity contribution in [3.63, 3.8) is 0 Å². The van der Waals surface area contributed by atoms with Gasteiger partial charge in [0, 0.05) is 17.1 Å². The Morgan fingerprint density at radius 1 is 1.30 bits per heavy atom. The van der Waals surface area contributed by atoms with Gasteiger partial charge in [-0.3, -0.25) is 0 Å². The fraction of sp³-hybridized carbons (Fsp3) is 0.118. The van der Waals surface area contributed by atoms with Crippen molar-refractivity contribution in [1.29, 1.82) is 5.41 Å². The number of amides is 1. The van der Waals surface area contributed by atoms with Gasteiger partial charge in [-0.1, -0.05) is 17.7 Å². The van der Waals surface area contributed by atoms with Crippen molar-refractivity contribution >= 4 is 39.8 Å². The number of benzene rings is 2. The highest BCUT2D eigenvalue weighted by molar-refractivity contribution is 7.90. The van der Waals surface area contributed by atoms with Crippen LogP contribution in [-0.2, 0) is 20.4 Å². The highest BCUT2D eigenvalue weighted by Crippen LogP contribution is 2.40. The molecule has 2 aromatic rings. The lowest BCUT2D eigenvalue weighted by Crippen LogP contribution is -2.93. The summed E-state index contributed by atoms with van der Waals surface area (Å²) in [7, 11) is -3.58. The summed E-state index contributed by atoms with van der Waals surface area (Å²) in [5.41, 5.74) is 8.07. The van der Waals surface area contributed by atoms with Crippen molar-refractivity contribution in [2.75, 3.05) is 0 Å². The number of primary amides is 1. The molecule has 0 aliphatic carbocycles. The van der Waals surface area contributed by atoms with Gasteiger partial charge in [0.25, 0.3) is 5.96 Å². The van der Waals surface area contributed by atoms with Gasteiger partial charge in [-0.15, -0.1) is 0 Å². The van der Waals surface area contributed by atoms with E-state index >= 15 is 0 Å². The summed E-state index contributed by atoms with van der Waals surface area (Å²) >= 11 is 5.97. The van der Waals surface area contributed by atoms with Crippen LogP contribution >= 0.6 is 11.6 Å². The normalized spacial score (nSPS) is 13.4. The van der Waals surface area contributed by atoms with Crippen LogP contribution in [-0.4, -0.2) is 26.8 Å². The summed E-state index contributed by atoms with van der Waals surface area (Å²) in [6.07, 6.45) is 0. The zero-order chi connectivity index (χ0) is 20.4. The molecule has 0 saturated carbocycles. The van der Waals surface area contributed by atoms with Gasteiger partial charge in [0.2, 0.25) is 0 Å². The van der Waals surface area contributed by atoms with Crippen LogP contribution in [0.25, 0.3) is 11.1 Å². The first-order valence-corrected chi connectivity index (χ1v) is 9.58. The quantitative estimate of drug-likeness (QED) is 0.329. The molecule has 0 atom stereocenters. The molecule has 1 amide bonds. The van der Waals surface area contributed by atoms with E-state index in [4.69, 9.17) is 32.6 Å². The molecule has 0 aromatic heterocycles. The smallest absolute Gasteiger partial charge is 0.350 e. The number of halogens is 1. The molecule has 27 heavy (non-hydrogen) atoms. The van der Waals surface area contributed by atoms with Crippen LogP contribution in [0.5, 0.6) is 0 Å². The van der Waals surface area contributed by atoms with E-state index in [1.54, 1.807) is 31.2 Å². The van der Waals surface area contributed by atoms with Gasteiger partial charge >= 0.3 is 5.91 Å². The van der Waals surface area contributed by atoms with Crippen LogP contribution in [0.3, 0.4) is 0 Å². The van der Waals surface area contributed by atoms with Crippen molar-refractivity contribution in [1.82, 2.24) is 0 Å². The first-order chi connectivity index (χ1) is 12.6. The molecule has 0 bridgehead atoms. The Bertz CT molecular complexity index is 1050. The third-order valence-electron chi connectivity index (χ3n) is 3.92. The Labute approximate surface area is 160 Å². The molecule has 0 spiro atoms. The van der Waals surface area contributed by atoms with Crippen LogP contribution in [0.1, 0.15) is 21.5 Å². The number of quaternary nitrogens is 1. The Morgan fingerprint density at radius 2 is 1.93 bits per heavy atom. The van der Waals surface area contributed by atoms with E-state index in [-0.39, 0.29) is 22.2 Å². The second kappa shape index (κ2) is 7.87. The number of guanidine groups is 1. The predicted molar refractivity (Wildman–Crippen MR) is 96.7 cm³/mol. The Balaban J connectivity index is 0.000000817. The fourth-order valence-electron chi connectivity index (χ4n) is 2.87. The minimum absolute atomic E-state index is 0.114. The van der Waals surface area contributed by atoms with E-state index in [0.29, 0.717) is 21.7 Å². The molecule has 1 aliphatic rings. The van der Waals surface area contributed by atoms with Gasteiger partial charge in [-0.25, -0.2) is 23.9 Å². The molecular weight excluding hydrogens is 394 g/mol. The first-order valence-electron chi connectivity index (χ1n) is 7.55. The fourth-order valence-corrected chi connectivity index (χ4v) is 4.67. The van der Waals surface area contributed by atoms with Crippen molar-refractivity contribution < 1.29 is 28.4 Å². The molecule has 0 unspecified atom stereocenters. The van der Waals surface area contributed by atoms with Gasteiger partial charge in [0.15, 0.2) is 9.84 Å². The average Bonchev–Trinajstić information content (AvgIpc) is 2.53. The van der Waals surface area contributed by atoms with Crippen molar-refractivity contribution in [2.45, 2.75) is 17.6 Å². The van der Waals surface area contributed by atoms with E-state index < -0.39 is 22.2 Å². The van der Waals surface area contributed by atoms with Crippen LogP contribution in [0, 0.1) is 12.3 Å².